The van der Waals surface area contributed by atoms with Gasteiger partial charge in [-0.2, -0.15) is 0 Å². The first-order valence-electron chi connectivity index (χ1n) is 7.19. The van der Waals surface area contributed by atoms with Gasteiger partial charge >= 0.3 is 5.97 Å². The number of hydrogen-bond acceptors (Lipinski definition) is 4. The number of rotatable bonds is 2. The summed E-state index contributed by atoms with van der Waals surface area (Å²) in [7, 11) is 1.63. The first kappa shape index (κ1) is 13.4. The third kappa shape index (κ3) is 1.90. The zero-order chi connectivity index (χ0) is 14.3. The Morgan fingerprint density at radius 1 is 1.40 bits per heavy atom. The Labute approximate surface area is 119 Å². The van der Waals surface area contributed by atoms with Gasteiger partial charge in [0, 0.05) is 0 Å². The van der Waals surface area contributed by atoms with Crippen LogP contribution in [0, 0.1) is 11.8 Å². The lowest BCUT2D eigenvalue weighted by atomic mass is 9.76. The van der Waals surface area contributed by atoms with Crippen molar-refractivity contribution < 1.29 is 14.3 Å². The van der Waals surface area contributed by atoms with E-state index in [0.29, 0.717) is 0 Å². The maximum atomic E-state index is 12.4. The Balaban J connectivity index is 1.86. The molecule has 0 amide bonds. The highest BCUT2D eigenvalue weighted by atomic mass is 16.5. The van der Waals surface area contributed by atoms with Crippen molar-refractivity contribution in [2.24, 2.45) is 17.6 Å². The SMILES string of the molecule is COc1cccc(C2C[C@H]3CC[C@H](C)[C@@]3(N)C(=O)O2)c1. The molecular formula is C16H21NO3. The van der Waals surface area contributed by atoms with Crippen LogP contribution in [-0.4, -0.2) is 18.6 Å². The summed E-state index contributed by atoms with van der Waals surface area (Å²) in [5.74, 6) is 0.954. The largest absolute Gasteiger partial charge is 0.497 e. The van der Waals surface area contributed by atoms with Crippen molar-refractivity contribution in [1.29, 1.82) is 0 Å². The van der Waals surface area contributed by atoms with Crippen molar-refractivity contribution in [3.05, 3.63) is 29.8 Å². The van der Waals surface area contributed by atoms with Crippen molar-refractivity contribution in [3.63, 3.8) is 0 Å². The summed E-state index contributed by atoms with van der Waals surface area (Å²) < 4.78 is 10.9. The number of ether oxygens (including phenoxy) is 2. The predicted octanol–water partition coefficient (Wildman–Crippen LogP) is 2.43. The molecule has 2 fully saturated rings. The fourth-order valence-corrected chi connectivity index (χ4v) is 3.60. The molecule has 1 aliphatic heterocycles. The number of carbonyl (C=O) groups excluding carboxylic acids is 1. The zero-order valence-corrected chi connectivity index (χ0v) is 12.0. The van der Waals surface area contributed by atoms with E-state index in [1.807, 2.05) is 31.2 Å². The molecule has 4 atom stereocenters. The maximum Gasteiger partial charge on any atom is 0.327 e. The predicted molar refractivity (Wildman–Crippen MR) is 75.3 cm³/mol. The van der Waals surface area contributed by atoms with E-state index in [9.17, 15) is 4.79 Å². The second kappa shape index (κ2) is 4.77. The number of fused-ring (bicyclic) bond motifs is 1. The number of nitrogens with two attached hydrogens (primary N) is 1. The van der Waals surface area contributed by atoms with Crippen molar-refractivity contribution in [2.75, 3.05) is 7.11 Å². The summed E-state index contributed by atoms with van der Waals surface area (Å²) in [5, 5.41) is 0. The summed E-state index contributed by atoms with van der Waals surface area (Å²) in [5.41, 5.74) is 6.55. The molecule has 1 saturated carbocycles. The molecule has 3 rings (SSSR count). The van der Waals surface area contributed by atoms with E-state index in [1.54, 1.807) is 7.11 Å². The molecule has 4 nitrogen and oxygen atoms in total. The van der Waals surface area contributed by atoms with Crippen LogP contribution in [0.3, 0.4) is 0 Å². The molecule has 1 heterocycles. The average molecular weight is 275 g/mol. The van der Waals surface area contributed by atoms with Gasteiger partial charge in [-0.1, -0.05) is 19.1 Å². The number of carbonyl (C=O) groups is 1. The minimum Gasteiger partial charge on any atom is -0.497 e. The Hall–Kier alpha value is -1.55. The Morgan fingerprint density at radius 3 is 2.95 bits per heavy atom. The Kier molecular flexibility index (Phi) is 3.21. The lowest BCUT2D eigenvalue weighted by Crippen LogP contribution is -2.59. The van der Waals surface area contributed by atoms with Crippen LogP contribution in [0.2, 0.25) is 0 Å². The molecule has 1 unspecified atom stereocenters. The molecule has 1 aromatic carbocycles. The Morgan fingerprint density at radius 2 is 2.20 bits per heavy atom. The van der Waals surface area contributed by atoms with Crippen LogP contribution in [0.5, 0.6) is 5.75 Å². The van der Waals surface area contributed by atoms with Crippen molar-refractivity contribution in [3.8, 4) is 5.75 Å². The summed E-state index contributed by atoms with van der Waals surface area (Å²) in [6.45, 7) is 2.05. The topological polar surface area (TPSA) is 61.5 Å². The molecular weight excluding hydrogens is 254 g/mol. The molecule has 4 heteroatoms. The van der Waals surface area contributed by atoms with E-state index >= 15 is 0 Å². The van der Waals surface area contributed by atoms with Crippen molar-refractivity contribution in [2.45, 2.75) is 37.8 Å². The molecule has 20 heavy (non-hydrogen) atoms. The first-order chi connectivity index (χ1) is 9.55. The monoisotopic (exact) mass is 275 g/mol. The summed E-state index contributed by atoms with van der Waals surface area (Å²) >= 11 is 0. The highest BCUT2D eigenvalue weighted by Crippen LogP contribution is 2.48. The van der Waals surface area contributed by atoms with E-state index in [1.165, 1.54) is 0 Å². The molecule has 0 spiro atoms. The molecule has 2 aliphatic rings. The van der Waals surface area contributed by atoms with Gasteiger partial charge in [0.2, 0.25) is 0 Å². The lowest BCUT2D eigenvalue weighted by Gasteiger charge is -2.40. The fraction of sp³-hybridized carbons (Fsp3) is 0.562. The number of methoxy groups -OCH3 is 1. The van der Waals surface area contributed by atoms with Crippen LogP contribution in [-0.2, 0) is 9.53 Å². The molecule has 0 aromatic heterocycles. The normalized spacial score (nSPS) is 36.4. The molecule has 0 radical (unpaired) electrons. The van der Waals surface area contributed by atoms with Crippen LogP contribution in [0.1, 0.15) is 37.9 Å². The number of esters is 1. The zero-order valence-electron chi connectivity index (χ0n) is 12.0. The molecule has 108 valence electrons. The quantitative estimate of drug-likeness (QED) is 0.842. The number of hydrogen-bond donors (Lipinski definition) is 1. The highest BCUT2D eigenvalue weighted by molar-refractivity contribution is 5.83. The van der Waals surface area contributed by atoms with Gasteiger partial charge < -0.3 is 15.2 Å². The second-order valence-electron chi connectivity index (χ2n) is 6.01. The molecule has 1 aromatic rings. The second-order valence-corrected chi connectivity index (χ2v) is 6.01. The van der Waals surface area contributed by atoms with E-state index in [2.05, 4.69) is 0 Å². The molecule has 1 aliphatic carbocycles. The third-order valence-corrected chi connectivity index (χ3v) is 5.01. The summed E-state index contributed by atoms with van der Waals surface area (Å²) in [6.07, 6.45) is 2.61. The van der Waals surface area contributed by atoms with E-state index < -0.39 is 5.54 Å². The van der Waals surface area contributed by atoms with Gasteiger partial charge in [-0.15, -0.1) is 0 Å². The standard InChI is InChI=1S/C16H21NO3/c1-10-6-7-12-9-14(20-15(18)16(10,12)17)11-4-3-5-13(8-11)19-2/h3-5,8,10,12,14H,6-7,9,17H2,1-2H3/t10-,12+,14?,16-/m0/s1. The van der Waals surface area contributed by atoms with E-state index in [4.69, 9.17) is 15.2 Å². The van der Waals surface area contributed by atoms with Gasteiger partial charge in [0.1, 0.15) is 17.4 Å². The Bertz CT molecular complexity index is 530. The van der Waals surface area contributed by atoms with Gasteiger partial charge in [0.25, 0.3) is 0 Å². The summed E-state index contributed by atoms with van der Waals surface area (Å²) in [6, 6.07) is 7.71. The van der Waals surface area contributed by atoms with Gasteiger partial charge in [-0.05, 0) is 48.8 Å². The first-order valence-corrected chi connectivity index (χ1v) is 7.19. The van der Waals surface area contributed by atoms with Crippen LogP contribution in [0.25, 0.3) is 0 Å². The minimum atomic E-state index is -0.782. The van der Waals surface area contributed by atoms with Crippen LogP contribution in [0.4, 0.5) is 0 Å². The van der Waals surface area contributed by atoms with Crippen molar-refractivity contribution in [1.82, 2.24) is 0 Å². The van der Waals surface area contributed by atoms with Gasteiger partial charge in [-0.25, -0.2) is 0 Å². The van der Waals surface area contributed by atoms with Crippen LogP contribution < -0.4 is 10.5 Å². The van der Waals surface area contributed by atoms with Gasteiger partial charge in [-0.3, -0.25) is 4.79 Å². The van der Waals surface area contributed by atoms with E-state index in [0.717, 1.165) is 30.6 Å². The maximum absolute atomic E-state index is 12.4. The minimum absolute atomic E-state index is 0.200. The fourth-order valence-electron chi connectivity index (χ4n) is 3.60. The molecule has 1 saturated heterocycles. The van der Waals surface area contributed by atoms with Crippen LogP contribution in [0.15, 0.2) is 24.3 Å². The highest BCUT2D eigenvalue weighted by Gasteiger charge is 2.56. The molecule has 0 bridgehead atoms. The number of benzene rings is 1. The van der Waals surface area contributed by atoms with Gasteiger partial charge in [0.05, 0.1) is 7.11 Å². The lowest BCUT2D eigenvalue weighted by molar-refractivity contribution is -0.168. The van der Waals surface area contributed by atoms with Crippen molar-refractivity contribution >= 4 is 5.97 Å². The number of cyclic esters (lactones) is 1. The van der Waals surface area contributed by atoms with E-state index in [-0.39, 0.29) is 23.9 Å². The van der Waals surface area contributed by atoms with Gasteiger partial charge in [0.15, 0.2) is 0 Å². The van der Waals surface area contributed by atoms with Crippen LogP contribution >= 0.6 is 0 Å². The average Bonchev–Trinajstić information content (AvgIpc) is 2.76. The summed E-state index contributed by atoms with van der Waals surface area (Å²) in [4.78, 5) is 12.4. The molecule has 2 N–H and O–H groups in total. The third-order valence-electron chi connectivity index (χ3n) is 5.01. The smallest absolute Gasteiger partial charge is 0.327 e.